The molecule has 0 saturated carbocycles. The maximum absolute atomic E-state index is 11.8. The molecule has 0 aliphatic rings. The van der Waals surface area contributed by atoms with E-state index in [0.29, 0.717) is 15.5 Å². The van der Waals surface area contributed by atoms with Crippen LogP contribution in [0.15, 0.2) is 41.8 Å². The number of hydrogen-bond acceptors (Lipinski definition) is 4. The highest BCUT2D eigenvalue weighted by Crippen LogP contribution is 2.10. The number of thiophene rings is 1. The van der Waals surface area contributed by atoms with E-state index in [0.717, 1.165) is 0 Å². The molecule has 0 unspecified atom stereocenters. The predicted molar refractivity (Wildman–Crippen MR) is 88.3 cm³/mol. The van der Waals surface area contributed by atoms with Crippen LogP contribution in [-0.2, 0) is 4.79 Å². The van der Waals surface area contributed by atoms with Crippen molar-refractivity contribution in [3.8, 4) is 0 Å². The van der Waals surface area contributed by atoms with E-state index in [1.807, 2.05) is 0 Å². The van der Waals surface area contributed by atoms with Crippen LogP contribution >= 0.6 is 22.9 Å². The lowest BCUT2D eigenvalue weighted by molar-refractivity contribution is -0.121. The molecule has 23 heavy (non-hydrogen) atoms. The van der Waals surface area contributed by atoms with Gasteiger partial charge in [-0.1, -0.05) is 23.7 Å². The number of halogens is 1. The van der Waals surface area contributed by atoms with E-state index in [1.54, 1.807) is 35.7 Å². The summed E-state index contributed by atoms with van der Waals surface area (Å²) in [6.45, 7) is 0.176. The van der Waals surface area contributed by atoms with Gasteiger partial charge in [-0.3, -0.25) is 25.2 Å². The number of rotatable bonds is 5. The van der Waals surface area contributed by atoms with E-state index in [-0.39, 0.29) is 18.9 Å². The fourth-order valence-corrected chi connectivity index (χ4v) is 2.51. The van der Waals surface area contributed by atoms with Crippen LogP contribution < -0.4 is 16.2 Å². The third-order valence-electron chi connectivity index (χ3n) is 2.78. The number of carbonyl (C=O) groups excluding carboxylic acids is 3. The summed E-state index contributed by atoms with van der Waals surface area (Å²) >= 11 is 7.11. The molecule has 3 amide bonds. The van der Waals surface area contributed by atoms with Gasteiger partial charge < -0.3 is 5.32 Å². The highest BCUT2D eigenvalue weighted by molar-refractivity contribution is 7.12. The summed E-state index contributed by atoms with van der Waals surface area (Å²) in [6.07, 6.45) is 0.0486. The SMILES string of the molecule is O=C(CCNC(=O)c1cccs1)NNC(=O)c1cccc(Cl)c1. The number of carbonyl (C=O) groups is 3. The molecule has 0 aliphatic carbocycles. The molecule has 0 bridgehead atoms. The van der Waals surface area contributed by atoms with E-state index in [2.05, 4.69) is 16.2 Å². The first-order chi connectivity index (χ1) is 11.1. The van der Waals surface area contributed by atoms with Crippen molar-refractivity contribution in [2.45, 2.75) is 6.42 Å². The molecule has 2 aromatic rings. The van der Waals surface area contributed by atoms with E-state index in [4.69, 9.17) is 11.6 Å². The molecule has 0 atom stereocenters. The van der Waals surface area contributed by atoms with Gasteiger partial charge in [-0.2, -0.15) is 0 Å². The summed E-state index contributed by atoms with van der Waals surface area (Å²) in [5, 5.41) is 4.85. The summed E-state index contributed by atoms with van der Waals surface area (Å²) in [5.74, 6) is -1.11. The van der Waals surface area contributed by atoms with E-state index >= 15 is 0 Å². The van der Waals surface area contributed by atoms with Crippen LogP contribution in [0.1, 0.15) is 26.5 Å². The molecule has 0 spiro atoms. The fourth-order valence-electron chi connectivity index (χ4n) is 1.68. The molecule has 6 nitrogen and oxygen atoms in total. The summed E-state index contributed by atoms with van der Waals surface area (Å²) in [7, 11) is 0. The van der Waals surface area contributed by atoms with Crippen LogP contribution in [0.2, 0.25) is 5.02 Å². The number of amides is 3. The monoisotopic (exact) mass is 351 g/mol. The van der Waals surface area contributed by atoms with Crippen LogP contribution in [0.4, 0.5) is 0 Å². The average Bonchev–Trinajstić information content (AvgIpc) is 3.07. The first kappa shape index (κ1) is 17.0. The molecular formula is C15H14ClN3O3S. The minimum absolute atomic E-state index is 0.0486. The predicted octanol–water partition coefficient (Wildman–Crippen LogP) is 1.98. The highest BCUT2D eigenvalue weighted by Gasteiger charge is 2.09. The van der Waals surface area contributed by atoms with Crippen LogP contribution in [0.25, 0.3) is 0 Å². The van der Waals surface area contributed by atoms with Crippen molar-refractivity contribution >= 4 is 40.7 Å². The molecule has 8 heteroatoms. The normalized spacial score (nSPS) is 9.96. The van der Waals surface area contributed by atoms with E-state index in [1.165, 1.54) is 17.4 Å². The largest absolute Gasteiger partial charge is 0.351 e. The second-order valence-corrected chi connectivity index (χ2v) is 5.88. The molecule has 1 aromatic carbocycles. The Morgan fingerprint density at radius 1 is 1.04 bits per heavy atom. The zero-order valence-corrected chi connectivity index (χ0v) is 13.5. The minimum Gasteiger partial charge on any atom is -0.351 e. The Bertz CT molecular complexity index is 704. The molecule has 3 N–H and O–H groups in total. The zero-order valence-electron chi connectivity index (χ0n) is 12.0. The average molecular weight is 352 g/mol. The molecule has 1 heterocycles. The van der Waals surface area contributed by atoms with Gasteiger partial charge in [0.25, 0.3) is 11.8 Å². The standard InChI is InChI=1S/C15H14ClN3O3S/c16-11-4-1-3-10(9-11)14(21)19-18-13(20)6-7-17-15(22)12-5-2-8-23-12/h1-5,8-9H,6-7H2,(H,17,22)(H,18,20)(H,19,21). The molecule has 0 fully saturated rings. The van der Waals surface area contributed by atoms with Crippen molar-refractivity contribution in [2.75, 3.05) is 6.54 Å². The first-order valence-electron chi connectivity index (χ1n) is 6.72. The van der Waals surface area contributed by atoms with Gasteiger partial charge in [0.05, 0.1) is 4.88 Å². The van der Waals surface area contributed by atoms with Crippen molar-refractivity contribution < 1.29 is 14.4 Å². The highest BCUT2D eigenvalue weighted by atomic mass is 35.5. The van der Waals surface area contributed by atoms with Crippen LogP contribution in [0.5, 0.6) is 0 Å². The van der Waals surface area contributed by atoms with Gasteiger partial charge in [0.15, 0.2) is 0 Å². The molecule has 0 radical (unpaired) electrons. The number of hydrazine groups is 1. The lowest BCUT2D eigenvalue weighted by Crippen LogP contribution is -2.42. The molecule has 120 valence electrons. The van der Waals surface area contributed by atoms with Crippen molar-refractivity contribution in [2.24, 2.45) is 0 Å². The number of benzene rings is 1. The Labute approximate surface area is 141 Å². The van der Waals surface area contributed by atoms with Gasteiger partial charge in [0.2, 0.25) is 5.91 Å². The minimum atomic E-state index is -0.469. The smallest absolute Gasteiger partial charge is 0.269 e. The zero-order chi connectivity index (χ0) is 16.7. The molecule has 0 saturated heterocycles. The van der Waals surface area contributed by atoms with E-state index in [9.17, 15) is 14.4 Å². The summed E-state index contributed by atoms with van der Waals surface area (Å²) in [5.41, 5.74) is 4.90. The maximum Gasteiger partial charge on any atom is 0.269 e. The Balaban J connectivity index is 1.69. The van der Waals surface area contributed by atoms with Gasteiger partial charge >= 0.3 is 0 Å². The lowest BCUT2D eigenvalue weighted by atomic mass is 10.2. The van der Waals surface area contributed by atoms with Gasteiger partial charge in [-0.05, 0) is 29.6 Å². The molecular weight excluding hydrogens is 338 g/mol. The van der Waals surface area contributed by atoms with Gasteiger partial charge in [0, 0.05) is 23.6 Å². The Kier molecular flexibility index (Phi) is 6.13. The first-order valence-corrected chi connectivity index (χ1v) is 7.98. The lowest BCUT2D eigenvalue weighted by Gasteiger charge is -2.08. The Morgan fingerprint density at radius 3 is 2.57 bits per heavy atom. The van der Waals surface area contributed by atoms with E-state index < -0.39 is 11.8 Å². The molecule has 0 aliphatic heterocycles. The summed E-state index contributed by atoms with van der Waals surface area (Å²) < 4.78 is 0. The Morgan fingerprint density at radius 2 is 1.87 bits per heavy atom. The second-order valence-electron chi connectivity index (χ2n) is 4.50. The van der Waals surface area contributed by atoms with Crippen molar-refractivity contribution in [3.05, 3.63) is 57.2 Å². The fraction of sp³-hybridized carbons (Fsp3) is 0.133. The van der Waals surface area contributed by atoms with Crippen LogP contribution in [0, 0.1) is 0 Å². The number of hydrogen-bond donors (Lipinski definition) is 3. The maximum atomic E-state index is 11.8. The third kappa shape index (κ3) is 5.39. The van der Waals surface area contributed by atoms with Gasteiger partial charge in [-0.15, -0.1) is 11.3 Å². The van der Waals surface area contributed by atoms with Crippen LogP contribution in [-0.4, -0.2) is 24.3 Å². The number of nitrogens with one attached hydrogen (secondary N) is 3. The topological polar surface area (TPSA) is 87.3 Å². The van der Waals surface area contributed by atoms with Crippen molar-refractivity contribution in [1.29, 1.82) is 0 Å². The van der Waals surface area contributed by atoms with Crippen molar-refractivity contribution in [3.63, 3.8) is 0 Å². The second kappa shape index (κ2) is 8.30. The third-order valence-corrected chi connectivity index (χ3v) is 3.89. The summed E-state index contributed by atoms with van der Waals surface area (Å²) in [6, 6.07) is 9.83. The quantitative estimate of drug-likeness (QED) is 0.720. The van der Waals surface area contributed by atoms with Gasteiger partial charge in [-0.25, -0.2) is 0 Å². The van der Waals surface area contributed by atoms with Gasteiger partial charge in [0.1, 0.15) is 0 Å². The molecule has 1 aromatic heterocycles. The van der Waals surface area contributed by atoms with Crippen LogP contribution in [0.3, 0.4) is 0 Å². The molecule has 2 rings (SSSR count). The van der Waals surface area contributed by atoms with Crippen molar-refractivity contribution in [1.82, 2.24) is 16.2 Å². The Hall–Kier alpha value is -2.38. The summed E-state index contributed by atoms with van der Waals surface area (Å²) in [4.78, 5) is 35.6.